The summed E-state index contributed by atoms with van der Waals surface area (Å²) in [6.45, 7) is 3.52. The van der Waals surface area contributed by atoms with E-state index in [0.717, 1.165) is 24.3 Å². The molecule has 0 aliphatic heterocycles. The number of nitrogens with one attached hydrogen (secondary N) is 1. The zero-order valence-electron chi connectivity index (χ0n) is 10.7. The maximum atomic E-state index is 5.53. The van der Waals surface area contributed by atoms with Crippen LogP contribution in [0.1, 0.15) is 16.8 Å². The van der Waals surface area contributed by atoms with E-state index in [1.54, 1.807) is 0 Å². The molecule has 3 heteroatoms. The summed E-state index contributed by atoms with van der Waals surface area (Å²) in [5.74, 6) is 0. The maximum Gasteiger partial charge on any atom is 0.0400 e. The molecule has 3 nitrogen and oxygen atoms in total. The van der Waals surface area contributed by atoms with Crippen molar-refractivity contribution < 1.29 is 0 Å². The highest BCUT2D eigenvalue weighted by Crippen LogP contribution is 2.10. The van der Waals surface area contributed by atoms with Gasteiger partial charge in [-0.1, -0.05) is 24.3 Å². The van der Waals surface area contributed by atoms with Gasteiger partial charge in [-0.15, -0.1) is 0 Å². The molecular formula is C15H19N3. The van der Waals surface area contributed by atoms with E-state index < -0.39 is 0 Å². The number of rotatable bonds is 5. The second-order valence-electron chi connectivity index (χ2n) is 4.39. The fraction of sp³-hybridized carbons (Fsp3) is 0.267. The molecule has 0 amide bonds. The topological polar surface area (TPSA) is 50.9 Å². The number of hydrogen-bond donors (Lipinski definition) is 2. The normalized spacial score (nSPS) is 10.3. The molecular weight excluding hydrogens is 222 g/mol. The van der Waals surface area contributed by atoms with Gasteiger partial charge in [0, 0.05) is 24.1 Å². The van der Waals surface area contributed by atoms with Crippen molar-refractivity contribution in [2.75, 3.05) is 11.9 Å². The zero-order valence-corrected chi connectivity index (χ0v) is 10.7. The number of hydrogen-bond acceptors (Lipinski definition) is 3. The van der Waals surface area contributed by atoms with Crippen LogP contribution in [0.15, 0.2) is 42.6 Å². The van der Waals surface area contributed by atoms with Gasteiger partial charge >= 0.3 is 0 Å². The summed E-state index contributed by atoms with van der Waals surface area (Å²) < 4.78 is 0. The lowest BCUT2D eigenvalue weighted by Gasteiger charge is -2.07. The summed E-state index contributed by atoms with van der Waals surface area (Å²) in [4.78, 5) is 4.18. The van der Waals surface area contributed by atoms with Crippen LogP contribution in [0.5, 0.6) is 0 Å². The van der Waals surface area contributed by atoms with Gasteiger partial charge < -0.3 is 11.1 Å². The van der Waals surface area contributed by atoms with Crippen LogP contribution in [0.4, 0.5) is 5.69 Å². The molecule has 0 aliphatic rings. The van der Waals surface area contributed by atoms with Gasteiger partial charge in [-0.2, -0.15) is 0 Å². The Bertz CT molecular complexity index is 491. The highest BCUT2D eigenvalue weighted by Gasteiger charge is 1.96. The van der Waals surface area contributed by atoms with E-state index in [2.05, 4.69) is 34.6 Å². The summed E-state index contributed by atoms with van der Waals surface area (Å²) in [5, 5.41) is 3.39. The van der Waals surface area contributed by atoms with Gasteiger partial charge in [0.2, 0.25) is 0 Å². The second kappa shape index (κ2) is 6.17. The van der Waals surface area contributed by atoms with Crippen molar-refractivity contribution in [3.05, 3.63) is 59.4 Å². The predicted octanol–water partition coefficient (Wildman–Crippen LogP) is 2.50. The van der Waals surface area contributed by atoms with Gasteiger partial charge in [0.05, 0.1) is 0 Å². The van der Waals surface area contributed by atoms with Crippen molar-refractivity contribution in [3.63, 3.8) is 0 Å². The number of aryl methyl sites for hydroxylation is 1. The monoisotopic (exact) mass is 241 g/mol. The van der Waals surface area contributed by atoms with Gasteiger partial charge in [0.1, 0.15) is 0 Å². The van der Waals surface area contributed by atoms with E-state index in [-0.39, 0.29) is 0 Å². The Morgan fingerprint density at radius 3 is 2.50 bits per heavy atom. The molecule has 0 saturated heterocycles. The van der Waals surface area contributed by atoms with Crippen LogP contribution in [0.25, 0.3) is 0 Å². The third kappa shape index (κ3) is 3.57. The van der Waals surface area contributed by atoms with E-state index in [1.165, 1.54) is 11.1 Å². The molecule has 1 aromatic heterocycles. The van der Waals surface area contributed by atoms with Gasteiger partial charge in [0.25, 0.3) is 0 Å². The average Bonchev–Trinajstić information content (AvgIpc) is 2.38. The van der Waals surface area contributed by atoms with Crippen LogP contribution >= 0.6 is 0 Å². The van der Waals surface area contributed by atoms with Crippen molar-refractivity contribution in [3.8, 4) is 0 Å². The number of aromatic nitrogens is 1. The van der Waals surface area contributed by atoms with Crippen molar-refractivity contribution in [1.29, 1.82) is 0 Å². The van der Waals surface area contributed by atoms with Crippen molar-refractivity contribution >= 4 is 5.69 Å². The number of nitrogens with two attached hydrogens (primary N) is 1. The largest absolute Gasteiger partial charge is 0.381 e. The average molecular weight is 241 g/mol. The molecule has 94 valence electrons. The highest BCUT2D eigenvalue weighted by atomic mass is 14.9. The third-order valence-corrected chi connectivity index (χ3v) is 2.85. The van der Waals surface area contributed by atoms with Gasteiger partial charge in [-0.3, -0.25) is 4.98 Å². The molecule has 0 aliphatic carbocycles. The standard InChI is InChI=1S/C15H19N3/c1-12-10-15(7-9-17-12)18-11-14-4-2-13(3-5-14)6-8-16/h2-5,7,9-10H,6,8,11,16H2,1H3,(H,17,18). The number of nitrogens with zero attached hydrogens (tertiary/aromatic N) is 1. The van der Waals surface area contributed by atoms with E-state index in [4.69, 9.17) is 5.73 Å². The Balaban J connectivity index is 1.93. The van der Waals surface area contributed by atoms with Crippen LogP contribution in [-0.4, -0.2) is 11.5 Å². The first-order chi connectivity index (χ1) is 8.78. The van der Waals surface area contributed by atoms with E-state index in [0.29, 0.717) is 6.54 Å². The molecule has 2 aromatic rings. The fourth-order valence-electron chi connectivity index (χ4n) is 1.85. The first kappa shape index (κ1) is 12.6. The molecule has 2 rings (SSSR count). The first-order valence-electron chi connectivity index (χ1n) is 6.22. The molecule has 3 N–H and O–H groups in total. The Labute approximate surface area is 108 Å². The Morgan fingerprint density at radius 2 is 1.83 bits per heavy atom. The summed E-state index contributed by atoms with van der Waals surface area (Å²) >= 11 is 0. The van der Waals surface area contributed by atoms with Gasteiger partial charge in [-0.25, -0.2) is 0 Å². The zero-order chi connectivity index (χ0) is 12.8. The SMILES string of the molecule is Cc1cc(NCc2ccc(CCN)cc2)ccn1. The van der Waals surface area contributed by atoms with Crippen LogP contribution in [-0.2, 0) is 13.0 Å². The highest BCUT2D eigenvalue weighted by molar-refractivity contribution is 5.43. The minimum Gasteiger partial charge on any atom is -0.381 e. The Hall–Kier alpha value is -1.87. The smallest absolute Gasteiger partial charge is 0.0400 e. The Kier molecular flexibility index (Phi) is 4.31. The lowest BCUT2D eigenvalue weighted by Crippen LogP contribution is -2.03. The van der Waals surface area contributed by atoms with Crippen molar-refractivity contribution in [1.82, 2.24) is 4.98 Å². The van der Waals surface area contributed by atoms with E-state index in [1.807, 2.05) is 25.3 Å². The second-order valence-corrected chi connectivity index (χ2v) is 4.39. The Morgan fingerprint density at radius 1 is 1.11 bits per heavy atom. The summed E-state index contributed by atoms with van der Waals surface area (Å²) in [6.07, 6.45) is 2.76. The van der Waals surface area contributed by atoms with Gasteiger partial charge in [-0.05, 0) is 43.1 Å². The first-order valence-corrected chi connectivity index (χ1v) is 6.22. The number of pyridine rings is 1. The molecule has 0 radical (unpaired) electrons. The summed E-state index contributed by atoms with van der Waals surface area (Å²) in [5.41, 5.74) is 10.2. The fourth-order valence-corrected chi connectivity index (χ4v) is 1.85. The lowest BCUT2D eigenvalue weighted by molar-refractivity contribution is 0.966. The van der Waals surface area contributed by atoms with Crippen LogP contribution in [0, 0.1) is 6.92 Å². The lowest BCUT2D eigenvalue weighted by atomic mass is 10.1. The number of benzene rings is 1. The van der Waals surface area contributed by atoms with E-state index >= 15 is 0 Å². The molecule has 0 saturated carbocycles. The molecule has 18 heavy (non-hydrogen) atoms. The minimum atomic E-state index is 0.702. The predicted molar refractivity (Wildman–Crippen MR) is 75.5 cm³/mol. The van der Waals surface area contributed by atoms with Crippen molar-refractivity contribution in [2.24, 2.45) is 5.73 Å². The third-order valence-electron chi connectivity index (χ3n) is 2.85. The van der Waals surface area contributed by atoms with E-state index in [9.17, 15) is 0 Å². The van der Waals surface area contributed by atoms with Crippen LogP contribution in [0.2, 0.25) is 0 Å². The molecule has 1 heterocycles. The molecule has 0 fully saturated rings. The maximum absolute atomic E-state index is 5.53. The minimum absolute atomic E-state index is 0.702. The van der Waals surface area contributed by atoms with Gasteiger partial charge in [0.15, 0.2) is 0 Å². The van der Waals surface area contributed by atoms with Crippen molar-refractivity contribution in [2.45, 2.75) is 19.9 Å². The van der Waals surface area contributed by atoms with Crippen LogP contribution < -0.4 is 11.1 Å². The quantitative estimate of drug-likeness (QED) is 0.845. The number of anilines is 1. The summed E-state index contributed by atoms with van der Waals surface area (Å²) in [7, 11) is 0. The molecule has 1 aromatic carbocycles. The molecule has 0 spiro atoms. The molecule has 0 unspecified atom stereocenters. The molecule has 0 bridgehead atoms. The van der Waals surface area contributed by atoms with Crippen LogP contribution in [0.3, 0.4) is 0 Å². The molecule has 0 atom stereocenters. The summed E-state index contributed by atoms with van der Waals surface area (Å²) in [6, 6.07) is 12.6.